The number of hydrazine groups is 1. The third-order valence-corrected chi connectivity index (χ3v) is 5.19. The Kier molecular flexibility index (Phi) is 4.55. The molecule has 1 aromatic carbocycles. The summed E-state index contributed by atoms with van der Waals surface area (Å²) in [5.41, 5.74) is 0.980. The van der Waals surface area contributed by atoms with Crippen molar-refractivity contribution < 1.29 is 9.18 Å². The maximum Gasteiger partial charge on any atom is 0.343 e. The zero-order valence-corrected chi connectivity index (χ0v) is 15.5. The van der Waals surface area contributed by atoms with Crippen LogP contribution in [0.15, 0.2) is 30.5 Å². The van der Waals surface area contributed by atoms with Crippen LogP contribution in [0.2, 0.25) is 0 Å². The molecule has 8 heteroatoms. The average molecular weight is 370 g/mol. The molecule has 2 aliphatic rings. The number of halogens is 1. The molecule has 1 saturated carbocycles. The summed E-state index contributed by atoms with van der Waals surface area (Å²) in [5.74, 6) is 0.620. The maximum absolute atomic E-state index is 14.0. The normalized spacial score (nSPS) is 17.4. The number of nitrogens with one attached hydrogen (secondary N) is 1. The lowest BCUT2D eigenvalue weighted by Gasteiger charge is -2.45. The minimum atomic E-state index is -0.367. The molecule has 0 atom stereocenters. The van der Waals surface area contributed by atoms with E-state index in [2.05, 4.69) is 15.3 Å². The highest BCUT2D eigenvalue weighted by Crippen LogP contribution is 2.38. The van der Waals surface area contributed by atoms with E-state index >= 15 is 0 Å². The van der Waals surface area contributed by atoms with Crippen LogP contribution in [0, 0.1) is 5.82 Å². The molecule has 7 nitrogen and oxygen atoms in total. The Hall–Kier alpha value is -2.90. The Labute approximate surface area is 157 Å². The first-order chi connectivity index (χ1) is 13.1. The quantitative estimate of drug-likeness (QED) is 0.884. The Balaban J connectivity index is 1.75. The molecule has 0 bridgehead atoms. The number of hydrogen-bond acceptors (Lipinski definition) is 5. The second-order valence-electron chi connectivity index (χ2n) is 6.85. The van der Waals surface area contributed by atoms with Crippen LogP contribution in [-0.4, -0.2) is 40.6 Å². The number of urea groups is 1. The summed E-state index contributed by atoms with van der Waals surface area (Å²) in [7, 11) is 1.73. The minimum Gasteiger partial charge on any atom is -0.322 e. The van der Waals surface area contributed by atoms with Gasteiger partial charge in [-0.25, -0.2) is 19.2 Å². The number of aromatic nitrogens is 2. The third kappa shape index (κ3) is 3.05. The minimum absolute atomic E-state index is 0.0877. The molecule has 2 heterocycles. The van der Waals surface area contributed by atoms with E-state index < -0.39 is 0 Å². The van der Waals surface area contributed by atoms with Crippen molar-refractivity contribution in [2.75, 3.05) is 28.8 Å². The lowest BCUT2D eigenvalue weighted by atomic mass is 10.2. The van der Waals surface area contributed by atoms with Gasteiger partial charge in [0.15, 0.2) is 5.82 Å². The van der Waals surface area contributed by atoms with Crippen molar-refractivity contribution in [3.05, 3.63) is 36.3 Å². The molecule has 1 aliphatic carbocycles. The molecule has 1 fully saturated rings. The largest absolute Gasteiger partial charge is 0.343 e. The SMILES string of the molecule is CCN1C(=O)N(C)c2cnc(Nc3ccccc3F)nc2N1C1CCCC1. The molecular weight excluding hydrogens is 347 g/mol. The van der Waals surface area contributed by atoms with Gasteiger partial charge in [-0.15, -0.1) is 0 Å². The summed E-state index contributed by atoms with van der Waals surface area (Å²) in [6.45, 7) is 2.51. The molecule has 142 valence electrons. The van der Waals surface area contributed by atoms with Crippen molar-refractivity contribution in [1.82, 2.24) is 15.0 Å². The standard InChI is InChI=1S/C19H23FN6O/c1-3-25-19(27)24(2)16-12-21-18(22-15-11-7-6-10-14(15)20)23-17(16)26(25)13-8-4-5-9-13/h6-7,10-13H,3-5,8-9H2,1-2H3,(H,21,22,23). The monoisotopic (exact) mass is 370 g/mol. The molecule has 1 aromatic heterocycles. The van der Waals surface area contributed by atoms with Crippen molar-refractivity contribution in [2.45, 2.75) is 38.6 Å². The second kappa shape index (κ2) is 7.02. The topological polar surface area (TPSA) is 64.6 Å². The highest BCUT2D eigenvalue weighted by molar-refractivity contribution is 5.98. The molecule has 0 spiro atoms. The van der Waals surface area contributed by atoms with E-state index in [9.17, 15) is 9.18 Å². The fourth-order valence-corrected chi connectivity index (χ4v) is 3.80. The molecule has 0 saturated heterocycles. The number of hydrogen-bond donors (Lipinski definition) is 1. The van der Waals surface area contributed by atoms with Crippen molar-refractivity contribution in [3.63, 3.8) is 0 Å². The van der Waals surface area contributed by atoms with Gasteiger partial charge in [-0.05, 0) is 31.9 Å². The van der Waals surface area contributed by atoms with Gasteiger partial charge in [-0.2, -0.15) is 4.98 Å². The molecule has 4 rings (SSSR count). The van der Waals surface area contributed by atoms with Gasteiger partial charge in [-0.3, -0.25) is 9.91 Å². The first-order valence-electron chi connectivity index (χ1n) is 9.33. The van der Waals surface area contributed by atoms with E-state index in [1.54, 1.807) is 41.4 Å². The lowest BCUT2D eigenvalue weighted by molar-refractivity contribution is 0.191. The number of para-hydroxylation sites is 1. The molecular formula is C19H23FN6O. The zero-order valence-electron chi connectivity index (χ0n) is 15.5. The van der Waals surface area contributed by atoms with Gasteiger partial charge in [0.05, 0.1) is 17.9 Å². The van der Waals surface area contributed by atoms with E-state index in [0.29, 0.717) is 29.7 Å². The van der Waals surface area contributed by atoms with E-state index in [1.165, 1.54) is 6.07 Å². The third-order valence-electron chi connectivity index (χ3n) is 5.19. The first-order valence-corrected chi connectivity index (χ1v) is 9.33. The fraction of sp³-hybridized carbons (Fsp3) is 0.421. The van der Waals surface area contributed by atoms with Crippen LogP contribution in [0.25, 0.3) is 0 Å². The fourth-order valence-electron chi connectivity index (χ4n) is 3.80. The summed E-state index contributed by atoms with van der Waals surface area (Å²) in [4.78, 5) is 23.3. The Morgan fingerprint density at radius 2 is 2.00 bits per heavy atom. The summed E-state index contributed by atoms with van der Waals surface area (Å²) in [5, 5.41) is 6.69. The predicted molar refractivity (Wildman–Crippen MR) is 103 cm³/mol. The Bertz CT molecular complexity index is 854. The predicted octanol–water partition coefficient (Wildman–Crippen LogP) is 3.92. The van der Waals surface area contributed by atoms with Gasteiger partial charge in [0.2, 0.25) is 5.95 Å². The number of anilines is 4. The molecule has 2 aromatic rings. The zero-order chi connectivity index (χ0) is 19.0. The summed E-state index contributed by atoms with van der Waals surface area (Å²) >= 11 is 0. The number of fused-ring (bicyclic) bond motifs is 1. The highest BCUT2D eigenvalue weighted by atomic mass is 19.1. The number of rotatable bonds is 4. The van der Waals surface area contributed by atoms with Gasteiger partial charge in [0, 0.05) is 13.6 Å². The second-order valence-corrected chi connectivity index (χ2v) is 6.85. The maximum atomic E-state index is 14.0. The van der Waals surface area contributed by atoms with E-state index in [1.807, 2.05) is 11.9 Å². The van der Waals surface area contributed by atoms with E-state index in [0.717, 1.165) is 25.7 Å². The Morgan fingerprint density at radius 3 is 2.70 bits per heavy atom. The van der Waals surface area contributed by atoms with Crippen LogP contribution >= 0.6 is 0 Å². The number of benzene rings is 1. The van der Waals surface area contributed by atoms with Crippen molar-refractivity contribution in [2.24, 2.45) is 0 Å². The molecule has 1 aliphatic heterocycles. The van der Waals surface area contributed by atoms with Gasteiger partial charge in [-0.1, -0.05) is 25.0 Å². The molecule has 1 N–H and O–H groups in total. The number of carbonyl (C=O) groups is 1. The van der Waals surface area contributed by atoms with E-state index in [4.69, 9.17) is 0 Å². The average Bonchev–Trinajstić information content (AvgIpc) is 3.20. The van der Waals surface area contributed by atoms with Crippen molar-refractivity contribution in [3.8, 4) is 0 Å². The smallest absolute Gasteiger partial charge is 0.322 e. The van der Waals surface area contributed by atoms with Crippen LogP contribution < -0.4 is 15.2 Å². The Morgan fingerprint density at radius 1 is 1.26 bits per heavy atom. The summed E-state index contributed by atoms with van der Waals surface area (Å²) in [6.07, 6.45) is 5.95. The molecule has 0 radical (unpaired) electrons. The van der Waals surface area contributed by atoms with Crippen LogP contribution in [0.5, 0.6) is 0 Å². The van der Waals surface area contributed by atoms with Crippen molar-refractivity contribution in [1.29, 1.82) is 0 Å². The van der Waals surface area contributed by atoms with Crippen LogP contribution in [0.1, 0.15) is 32.6 Å². The van der Waals surface area contributed by atoms with Crippen LogP contribution in [-0.2, 0) is 0 Å². The van der Waals surface area contributed by atoms with Crippen molar-refractivity contribution >= 4 is 29.2 Å². The van der Waals surface area contributed by atoms with Crippen LogP contribution in [0.3, 0.4) is 0 Å². The number of nitrogens with zero attached hydrogens (tertiary/aromatic N) is 5. The summed E-state index contributed by atoms with van der Waals surface area (Å²) < 4.78 is 14.0. The summed E-state index contributed by atoms with van der Waals surface area (Å²) in [6, 6.07) is 6.56. The molecule has 0 unspecified atom stereocenters. The number of carbonyl (C=O) groups excluding carboxylic acids is 1. The lowest BCUT2D eigenvalue weighted by Crippen LogP contribution is -2.59. The van der Waals surface area contributed by atoms with Gasteiger partial charge >= 0.3 is 6.03 Å². The molecule has 27 heavy (non-hydrogen) atoms. The van der Waals surface area contributed by atoms with Crippen LogP contribution in [0.4, 0.5) is 32.3 Å². The highest BCUT2D eigenvalue weighted by Gasteiger charge is 2.39. The molecule has 2 amide bonds. The first kappa shape index (κ1) is 17.5. The van der Waals surface area contributed by atoms with Gasteiger partial charge < -0.3 is 5.32 Å². The van der Waals surface area contributed by atoms with E-state index in [-0.39, 0.29) is 17.9 Å². The van der Waals surface area contributed by atoms with Gasteiger partial charge in [0.25, 0.3) is 0 Å². The number of amides is 2. The van der Waals surface area contributed by atoms with Gasteiger partial charge in [0.1, 0.15) is 11.5 Å².